The van der Waals surface area contributed by atoms with Gasteiger partial charge in [0.25, 0.3) is 0 Å². The molecule has 0 aromatic heterocycles. The van der Waals surface area contributed by atoms with Crippen LogP contribution in [0.5, 0.6) is 0 Å². The monoisotopic (exact) mass is 356 g/mol. The molecule has 0 saturated carbocycles. The minimum atomic E-state index is -3.89. The first kappa shape index (κ1) is 17.3. The zero-order valence-corrected chi connectivity index (χ0v) is 14.2. The van der Waals surface area contributed by atoms with Crippen molar-refractivity contribution in [1.29, 1.82) is 0 Å². The van der Waals surface area contributed by atoms with Crippen LogP contribution in [-0.2, 0) is 19.6 Å². The zero-order chi connectivity index (χ0) is 17.2. The smallest absolute Gasteiger partial charge is 0.246 e. The fourth-order valence-electron chi connectivity index (χ4n) is 3.14. The predicted octanol–water partition coefficient (Wildman–Crippen LogP) is 1.09. The standard InChI is InChI=1S/C16H21FN2O4S/c17-14-4-1-2-5-15(14)24(21,22)19-8-3-7-18(9-10-19)16(20)13-6-11-23-12-13/h1-2,4-5,13H,3,6-12H2. The van der Waals surface area contributed by atoms with Crippen molar-refractivity contribution in [1.82, 2.24) is 9.21 Å². The number of benzene rings is 1. The average molecular weight is 356 g/mol. The Hall–Kier alpha value is -1.51. The van der Waals surface area contributed by atoms with E-state index in [9.17, 15) is 17.6 Å². The quantitative estimate of drug-likeness (QED) is 0.813. The largest absolute Gasteiger partial charge is 0.381 e. The van der Waals surface area contributed by atoms with E-state index in [4.69, 9.17) is 4.74 Å². The summed E-state index contributed by atoms with van der Waals surface area (Å²) in [5.74, 6) is -0.852. The van der Waals surface area contributed by atoms with E-state index in [0.717, 1.165) is 6.07 Å². The normalized spacial score (nSPS) is 23.2. The molecule has 0 N–H and O–H groups in total. The highest BCUT2D eigenvalue weighted by Crippen LogP contribution is 2.22. The number of halogens is 1. The third kappa shape index (κ3) is 3.45. The van der Waals surface area contributed by atoms with Crippen LogP contribution in [0.2, 0.25) is 0 Å². The van der Waals surface area contributed by atoms with Gasteiger partial charge in [0.2, 0.25) is 15.9 Å². The number of ether oxygens (including phenoxy) is 1. The molecule has 2 aliphatic heterocycles. The molecule has 8 heteroatoms. The molecule has 1 atom stereocenters. The summed E-state index contributed by atoms with van der Waals surface area (Å²) in [6.07, 6.45) is 1.25. The molecule has 132 valence electrons. The Labute approximate surface area is 141 Å². The van der Waals surface area contributed by atoms with E-state index >= 15 is 0 Å². The molecule has 2 aliphatic rings. The van der Waals surface area contributed by atoms with Crippen LogP contribution in [0.15, 0.2) is 29.2 Å². The highest BCUT2D eigenvalue weighted by atomic mass is 32.2. The molecule has 0 aliphatic carbocycles. The van der Waals surface area contributed by atoms with Gasteiger partial charge in [-0.05, 0) is 25.0 Å². The van der Waals surface area contributed by atoms with E-state index in [1.807, 2.05) is 0 Å². The number of amides is 1. The molecule has 2 saturated heterocycles. The van der Waals surface area contributed by atoms with Gasteiger partial charge in [-0.2, -0.15) is 4.31 Å². The van der Waals surface area contributed by atoms with Crippen LogP contribution in [0.3, 0.4) is 0 Å². The molecule has 1 amide bonds. The Bertz CT molecular complexity index is 704. The van der Waals surface area contributed by atoms with Crippen molar-refractivity contribution in [2.75, 3.05) is 39.4 Å². The Kier molecular flexibility index (Phi) is 5.17. The summed E-state index contributed by atoms with van der Waals surface area (Å²) in [7, 11) is -3.89. The summed E-state index contributed by atoms with van der Waals surface area (Å²) in [4.78, 5) is 13.8. The number of carbonyl (C=O) groups is 1. The summed E-state index contributed by atoms with van der Waals surface area (Å²) < 4.78 is 45.7. The lowest BCUT2D eigenvalue weighted by atomic mass is 10.1. The first-order valence-corrected chi connectivity index (χ1v) is 9.55. The first-order valence-electron chi connectivity index (χ1n) is 8.11. The van der Waals surface area contributed by atoms with Crippen molar-refractivity contribution < 1.29 is 22.3 Å². The molecular weight excluding hydrogens is 335 g/mol. The van der Waals surface area contributed by atoms with Crippen molar-refractivity contribution in [3.63, 3.8) is 0 Å². The SMILES string of the molecule is O=C(C1CCOC1)N1CCCN(S(=O)(=O)c2ccccc2F)CC1. The van der Waals surface area contributed by atoms with Crippen molar-refractivity contribution in [2.45, 2.75) is 17.7 Å². The van der Waals surface area contributed by atoms with Crippen LogP contribution >= 0.6 is 0 Å². The minimum Gasteiger partial charge on any atom is -0.381 e. The lowest BCUT2D eigenvalue weighted by molar-refractivity contribution is -0.135. The number of hydrogen-bond acceptors (Lipinski definition) is 4. The molecule has 1 unspecified atom stereocenters. The molecule has 6 nitrogen and oxygen atoms in total. The third-order valence-electron chi connectivity index (χ3n) is 4.50. The summed E-state index contributed by atoms with van der Waals surface area (Å²) in [6.45, 7) is 2.32. The van der Waals surface area contributed by atoms with Gasteiger partial charge in [-0.1, -0.05) is 12.1 Å². The number of carbonyl (C=O) groups excluding carboxylic acids is 1. The summed E-state index contributed by atoms with van der Waals surface area (Å²) in [5, 5.41) is 0. The van der Waals surface area contributed by atoms with Crippen LogP contribution in [0.1, 0.15) is 12.8 Å². The number of sulfonamides is 1. The highest BCUT2D eigenvalue weighted by Gasteiger charge is 2.33. The maximum absolute atomic E-state index is 13.9. The van der Waals surface area contributed by atoms with E-state index in [1.165, 1.54) is 22.5 Å². The maximum atomic E-state index is 13.9. The van der Waals surface area contributed by atoms with Gasteiger partial charge in [-0.25, -0.2) is 12.8 Å². The molecule has 1 aromatic rings. The number of nitrogens with zero attached hydrogens (tertiary/aromatic N) is 2. The number of rotatable bonds is 3. The lowest BCUT2D eigenvalue weighted by Gasteiger charge is -2.24. The van der Waals surface area contributed by atoms with Gasteiger partial charge in [0.05, 0.1) is 12.5 Å². The van der Waals surface area contributed by atoms with E-state index in [0.29, 0.717) is 39.1 Å². The lowest BCUT2D eigenvalue weighted by Crippen LogP contribution is -2.40. The van der Waals surface area contributed by atoms with Gasteiger partial charge in [0.1, 0.15) is 10.7 Å². The molecule has 24 heavy (non-hydrogen) atoms. The van der Waals surface area contributed by atoms with Crippen LogP contribution in [0, 0.1) is 11.7 Å². The van der Waals surface area contributed by atoms with E-state index < -0.39 is 15.8 Å². The Morgan fingerprint density at radius 1 is 1.17 bits per heavy atom. The Balaban J connectivity index is 1.71. The molecule has 1 aromatic carbocycles. The van der Waals surface area contributed by atoms with E-state index in [2.05, 4.69) is 0 Å². The highest BCUT2D eigenvalue weighted by molar-refractivity contribution is 7.89. The van der Waals surface area contributed by atoms with Gasteiger partial charge >= 0.3 is 0 Å². The van der Waals surface area contributed by atoms with Crippen LogP contribution in [0.25, 0.3) is 0 Å². The van der Waals surface area contributed by atoms with Crippen LogP contribution in [0.4, 0.5) is 4.39 Å². The van der Waals surface area contributed by atoms with Gasteiger partial charge in [0, 0.05) is 32.8 Å². The molecule has 2 fully saturated rings. The molecule has 0 bridgehead atoms. The minimum absolute atomic E-state index is 0.0256. The zero-order valence-electron chi connectivity index (χ0n) is 13.4. The summed E-state index contributed by atoms with van der Waals surface area (Å²) >= 11 is 0. The fourth-order valence-corrected chi connectivity index (χ4v) is 4.67. The van der Waals surface area contributed by atoms with E-state index in [-0.39, 0.29) is 29.8 Å². The first-order chi connectivity index (χ1) is 11.5. The Morgan fingerprint density at radius 3 is 2.67 bits per heavy atom. The maximum Gasteiger partial charge on any atom is 0.246 e. The second-order valence-electron chi connectivity index (χ2n) is 6.07. The topological polar surface area (TPSA) is 66.9 Å². The van der Waals surface area contributed by atoms with Crippen LogP contribution in [-0.4, -0.2) is 62.9 Å². The van der Waals surface area contributed by atoms with Gasteiger partial charge in [-0.3, -0.25) is 4.79 Å². The van der Waals surface area contributed by atoms with Crippen molar-refractivity contribution in [3.05, 3.63) is 30.1 Å². The molecule has 2 heterocycles. The fraction of sp³-hybridized carbons (Fsp3) is 0.562. The van der Waals surface area contributed by atoms with Gasteiger partial charge < -0.3 is 9.64 Å². The third-order valence-corrected chi connectivity index (χ3v) is 6.43. The second-order valence-corrected chi connectivity index (χ2v) is 7.98. The van der Waals surface area contributed by atoms with Crippen LogP contribution < -0.4 is 0 Å². The molecular formula is C16H21FN2O4S. The predicted molar refractivity (Wildman–Crippen MR) is 85.3 cm³/mol. The van der Waals surface area contributed by atoms with Crippen molar-refractivity contribution in [3.8, 4) is 0 Å². The number of hydrogen-bond donors (Lipinski definition) is 0. The molecule has 3 rings (SSSR count). The average Bonchev–Trinajstić information content (AvgIpc) is 2.98. The van der Waals surface area contributed by atoms with Gasteiger partial charge in [-0.15, -0.1) is 0 Å². The van der Waals surface area contributed by atoms with Crippen molar-refractivity contribution >= 4 is 15.9 Å². The molecule has 0 radical (unpaired) electrons. The van der Waals surface area contributed by atoms with Crippen molar-refractivity contribution in [2.24, 2.45) is 5.92 Å². The molecule has 0 spiro atoms. The summed E-state index contributed by atoms with van der Waals surface area (Å²) in [5.41, 5.74) is 0. The second kappa shape index (κ2) is 7.16. The van der Waals surface area contributed by atoms with E-state index in [1.54, 1.807) is 4.90 Å². The Morgan fingerprint density at radius 2 is 1.96 bits per heavy atom. The summed E-state index contributed by atoms with van der Waals surface area (Å²) in [6, 6.07) is 5.37. The van der Waals surface area contributed by atoms with Gasteiger partial charge in [0.15, 0.2) is 0 Å².